The summed E-state index contributed by atoms with van der Waals surface area (Å²) in [4.78, 5) is 1.26. The van der Waals surface area contributed by atoms with Gasteiger partial charge in [-0.25, -0.2) is 0 Å². The van der Waals surface area contributed by atoms with E-state index in [9.17, 15) is 0 Å². The Bertz CT molecular complexity index is 520. The maximum absolute atomic E-state index is 6.15. The topological polar surface area (TPSA) is 26.0 Å². The summed E-state index contributed by atoms with van der Waals surface area (Å²) in [5, 5.41) is 2.08. The molecule has 0 amide bonds. The molecule has 0 aliphatic carbocycles. The second-order valence-corrected chi connectivity index (χ2v) is 5.48. The minimum atomic E-state index is 0.637. The van der Waals surface area contributed by atoms with Crippen LogP contribution in [0, 0.1) is 0 Å². The molecule has 2 rings (SSSR count). The Morgan fingerprint density at radius 1 is 1.19 bits per heavy atom. The summed E-state index contributed by atoms with van der Waals surface area (Å²) in [5.74, 6) is 0. The van der Waals surface area contributed by atoms with Gasteiger partial charge in [0.05, 0.1) is 5.00 Å². The van der Waals surface area contributed by atoms with E-state index in [1.807, 2.05) is 12.1 Å². The second-order valence-electron chi connectivity index (χ2n) is 3.47. The van der Waals surface area contributed by atoms with Crippen molar-refractivity contribution >= 4 is 39.5 Å². The fourth-order valence-corrected chi connectivity index (χ4v) is 2.94. The van der Waals surface area contributed by atoms with E-state index in [0.29, 0.717) is 10.0 Å². The van der Waals surface area contributed by atoms with Crippen LogP contribution >= 0.6 is 34.5 Å². The molecular formula is C12H11Cl2NS. The minimum Gasteiger partial charge on any atom is -0.390 e. The van der Waals surface area contributed by atoms with Gasteiger partial charge in [0, 0.05) is 26.0 Å². The van der Waals surface area contributed by atoms with Crippen LogP contribution in [0.25, 0.3) is 11.1 Å². The molecule has 1 aromatic carbocycles. The number of rotatable bonds is 2. The van der Waals surface area contributed by atoms with Gasteiger partial charge in [-0.2, -0.15) is 0 Å². The number of hydrogen-bond acceptors (Lipinski definition) is 2. The Morgan fingerprint density at radius 3 is 2.50 bits per heavy atom. The van der Waals surface area contributed by atoms with Crippen molar-refractivity contribution in [2.75, 3.05) is 5.73 Å². The zero-order chi connectivity index (χ0) is 11.7. The first kappa shape index (κ1) is 11.8. The van der Waals surface area contributed by atoms with Gasteiger partial charge >= 0.3 is 0 Å². The van der Waals surface area contributed by atoms with Crippen LogP contribution in [0.3, 0.4) is 0 Å². The van der Waals surface area contributed by atoms with Crippen LogP contribution < -0.4 is 5.73 Å². The van der Waals surface area contributed by atoms with Crippen LogP contribution in [0.1, 0.15) is 11.8 Å². The number of thiophene rings is 1. The quantitative estimate of drug-likeness (QED) is 0.829. The Morgan fingerprint density at radius 2 is 1.94 bits per heavy atom. The zero-order valence-electron chi connectivity index (χ0n) is 8.76. The van der Waals surface area contributed by atoms with E-state index in [1.165, 1.54) is 4.88 Å². The van der Waals surface area contributed by atoms with Gasteiger partial charge in [0.25, 0.3) is 0 Å². The lowest BCUT2D eigenvalue weighted by atomic mass is 10.1. The van der Waals surface area contributed by atoms with Crippen molar-refractivity contribution < 1.29 is 0 Å². The van der Waals surface area contributed by atoms with Gasteiger partial charge < -0.3 is 5.73 Å². The lowest BCUT2D eigenvalue weighted by Gasteiger charge is -2.03. The van der Waals surface area contributed by atoms with Crippen molar-refractivity contribution in [2.24, 2.45) is 0 Å². The van der Waals surface area contributed by atoms with E-state index in [4.69, 9.17) is 28.9 Å². The fraction of sp³-hybridized carbons (Fsp3) is 0.167. The van der Waals surface area contributed by atoms with Gasteiger partial charge in [-0.1, -0.05) is 36.2 Å². The van der Waals surface area contributed by atoms with Crippen LogP contribution in [0.15, 0.2) is 24.3 Å². The van der Waals surface area contributed by atoms with Crippen molar-refractivity contribution in [1.82, 2.24) is 0 Å². The van der Waals surface area contributed by atoms with Gasteiger partial charge in [0.15, 0.2) is 0 Å². The summed E-state index contributed by atoms with van der Waals surface area (Å²) in [6.45, 7) is 2.11. The molecule has 2 N–H and O–H groups in total. The molecule has 0 radical (unpaired) electrons. The molecule has 84 valence electrons. The first-order chi connectivity index (χ1) is 7.61. The van der Waals surface area contributed by atoms with Gasteiger partial charge in [0.2, 0.25) is 0 Å². The molecule has 1 aromatic heterocycles. The molecular weight excluding hydrogens is 261 g/mol. The highest BCUT2D eigenvalue weighted by atomic mass is 35.5. The molecule has 0 unspecified atom stereocenters. The number of anilines is 1. The zero-order valence-corrected chi connectivity index (χ0v) is 11.1. The van der Waals surface area contributed by atoms with E-state index in [1.54, 1.807) is 17.4 Å². The highest BCUT2D eigenvalue weighted by Crippen LogP contribution is 2.38. The summed E-state index contributed by atoms with van der Waals surface area (Å²) in [6.07, 6.45) is 0.986. The maximum atomic E-state index is 6.15. The standard InChI is InChI=1S/C12H11Cl2NS/c1-2-8-6-10(12(15)16-8)9-4-3-7(13)5-11(9)14/h3-6H,2,15H2,1H3. The molecule has 0 fully saturated rings. The maximum Gasteiger partial charge on any atom is 0.0939 e. The number of nitrogen functional groups attached to an aromatic ring is 1. The predicted octanol–water partition coefficient (Wildman–Crippen LogP) is 4.87. The van der Waals surface area contributed by atoms with Crippen LogP contribution in [0.5, 0.6) is 0 Å². The van der Waals surface area contributed by atoms with Gasteiger partial charge in [-0.05, 0) is 24.6 Å². The number of nitrogens with two attached hydrogens (primary N) is 1. The SMILES string of the molecule is CCc1cc(-c2ccc(Cl)cc2Cl)c(N)s1. The highest BCUT2D eigenvalue weighted by molar-refractivity contribution is 7.16. The normalized spacial score (nSPS) is 10.7. The van der Waals surface area contributed by atoms with E-state index in [0.717, 1.165) is 22.5 Å². The Balaban J connectivity index is 2.53. The first-order valence-electron chi connectivity index (χ1n) is 4.95. The van der Waals surface area contributed by atoms with Crippen molar-refractivity contribution in [2.45, 2.75) is 13.3 Å². The molecule has 1 heterocycles. The van der Waals surface area contributed by atoms with E-state index in [-0.39, 0.29) is 0 Å². The number of aryl methyl sites for hydroxylation is 1. The van der Waals surface area contributed by atoms with Crippen LogP contribution in [-0.2, 0) is 6.42 Å². The molecule has 0 spiro atoms. The average Bonchev–Trinajstić information content (AvgIpc) is 2.60. The lowest BCUT2D eigenvalue weighted by Crippen LogP contribution is -1.84. The number of halogens is 2. The van der Waals surface area contributed by atoms with Crippen LogP contribution in [0.4, 0.5) is 5.00 Å². The average molecular weight is 272 g/mol. The van der Waals surface area contributed by atoms with Crippen molar-refractivity contribution in [3.05, 3.63) is 39.2 Å². The van der Waals surface area contributed by atoms with Gasteiger partial charge in [-0.15, -0.1) is 11.3 Å². The molecule has 2 aromatic rings. The second kappa shape index (κ2) is 4.66. The lowest BCUT2D eigenvalue weighted by molar-refractivity contribution is 1.19. The summed E-state index contributed by atoms with van der Waals surface area (Å²) in [6, 6.07) is 7.56. The van der Waals surface area contributed by atoms with Crippen LogP contribution in [-0.4, -0.2) is 0 Å². The molecule has 16 heavy (non-hydrogen) atoms. The third-order valence-corrected chi connectivity index (χ3v) is 4.04. The third kappa shape index (κ3) is 2.19. The molecule has 0 aliphatic heterocycles. The molecule has 1 nitrogen and oxygen atoms in total. The van der Waals surface area contributed by atoms with E-state index >= 15 is 0 Å². The molecule has 0 saturated heterocycles. The molecule has 0 saturated carbocycles. The predicted molar refractivity (Wildman–Crippen MR) is 73.6 cm³/mol. The summed E-state index contributed by atoms with van der Waals surface area (Å²) in [5.41, 5.74) is 7.93. The molecule has 0 bridgehead atoms. The largest absolute Gasteiger partial charge is 0.390 e. The van der Waals surface area contributed by atoms with Gasteiger partial charge in [-0.3, -0.25) is 0 Å². The number of benzene rings is 1. The minimum absolute atomic E-state index is 0.637. The summed E-state index contributed by atoms with van der Waals surface area (Å²) < 4.78 is 0. The highest BCUT2D eigenvalue weighted by Gasteiger charge is 2.11. The number of hydrogen-bond donors (Lipinski definition) is 1. The molecule has 0 aliphatic rings. The molecule has 4 heteroatoms. The molecule has 0 atom stereocenters. The van der Waals surface area contributed by atoms with E-state index in [2.05, 4.69) is 13.0 Å². The van der Waals surface area contributed by atoms with Crippen molar-refractivity contribution in [3.63, 3.8) is 0 Å². The first-order valence-corrected chi connectivity index (χ1v) is 6.52. The summed E-state index contributed by atoms with van der Waals surface area (Å²) >= 11 is 13.6. The Kier molecular flexibility index (Phi) is 3.43. The van der Waals surface area contributed by atoms with Crippen molar-refractivity contribution in [3.8, 4) is 11.1 Å². The Labute approximate surface area is 109 Å². The smallest absolute Gasteiger partial charge is 0.0939 e. The summed E-state index contributed by atoms with van der Waals surface area (Å²) in [7, 11) is 0. The Hall–Kier alpha value is -0.700. The van der Waals surface area contributed by atoms with Crippen LogP contribution in [0.2, 0.25) is 10.0 Å². The third-order valence-electron chi connectivity index (χ3n) is 2.38. The van der Waals surface area contributed by atoms with E-state index < -0.39 is 0 Å². The van der Waals surface area contributed by atoms with Gasteiger partial charge in [0.1, 0.15) is 0 Å². The fourth-order valence-electron chi connectivity index (χ4n) is 1.55. The van der Waals surface area contributed by atoms with Crippen molar-refractivity contribution in [1.29, 1.82) is 0 Å². The monoisotopic (exact) mass is 271 g/mol.